The molecule has 0 heterocycles. The number of benzene rings is 2. The Bertz CT molecular complexity index is 1470. The molecule has 3 rings (SSSR count). The molecule has 13 heteroatoms. The van der Waals surface area contributed by atoms with E-state index < -0.39 is 47.5 Å². The minimum absolute atomic E-state index is 0. The fourth-order valence-corrected chi connectivity index (χ4v) is 4.22. The van der Waals surface area contributed by atoms with Gasteiger partial charge in [0.2, 0.25) is 0 Å². The Morgan fingerprint density at radius 2 is 1.52 bits per heavy atom. The molecule has 2 N–H and O–H groups in total. The van der Waals surface area contributed by atoms with E-state index in [4.69, 9.17) is 0 Å². The van der Waals surface area contributed by atoms with Gasteiger partial charge in [0.1, 0.15) is 15.0 Å². The van der Waals surface area contributed by atoms with E-state index in [2.05, 4.69) is 0 Å². The molecule has 2 aromatic carbocycles. The zero-order valence-electron chi connectivity index (χ0n) is 16.5. The summed E-state index contributed by atoms with van der Waals surface area (Å²) in [6.45, 7) is 0. The zero-order chi connectivity index (χ0) is 23.8. The van der Waals surface area contributed by atoms with E-state index in [-0.39, 0.29) is 65.6 Å². The molecule has 0 amide bonds. The molecule has 1 aliphatic carbocycles. The molecule has 0 bridgehead atoms. The number of hydrogen-bond acceptors (Lipinski definition) is 8. The van der Waals surface area contributed by atoms with Crippen LogP contribution in [0.25, 0.3) is 5.57 Å². The van der Waals surface area contributed by atoms with Crippen LogP contribution in [0.2, 0.25) is 0 Å². The second-order valence-electron chi connectivity index (χ2n) is 6.51. The molecule has 2 aromatic rings. The number of carbonyl (C=O) groups excluding carboxylic acids is 1. The van der Waals surface area contributed by atoms with Crippen molar-refractivity contribution < 1.29 is 45.7 Å². The van der Waals surface area contributed by atoms with Gasteiger partial charge in [0.05, 0.1) is 10.5 Å². The molecular weight excluding hydrogens is 504 g/mol. The van der Waals surface area contributed by atoms with Gasteiger partial charge in [0.15, 0.2) is 5.78 Å². The molecule has 10 nitrogen and oxygen atoms in total. The van der Waals surface area contributed by atoms with Gasteiger partial charge in [0.25, 0.3) is 10.1 Å². The molecule has 0 spiro atoms. The van der Waals surface area contributed by atoms with Gasteiger partial charge in [0, 0.05) is 0 Å². The monoisotopic (exact) mass is 516 g/mol. The van der Waals surface area contributed by atoms with Crippen molar-refractivity contribution in [2.75, 3.05) is 0 Å². The fraction of sp³-hybridized carbons (Fsp3) is 0. The van der Waals surface area contributed by atoms with Crippen LogP contribution < -0.4 is 5.11 Å². The topological polar surface area (TPSA) is 189 Å². The molecule has 33 heavy (non-hydrogen) atoms. The van der Waals surface area contributed by atoms with Crippen molar-refractivity contribution in [2.24, 2.45) is 0 Å². The van der Waals surface area contributed by atoms with Crippen molar-refractivity contribution in [3.05, 3.63) is 87.9 Å². The first-order chi connectivity index (χ1) is 14.8. The summed E-state index contributed by atoms with van der Waals surface area (Å²) in [4.78, 5) is 21.2. The molecule has 0 saturated heterocycles. The van der Waals surface area contributed by atoms with E-state index in [1.54, 1.807) is 0 Å². The fourth-order valence-electron chi connectivity index (χ4n) is 3.03. The first kappa shape index (κ1) is 26.9. The summed E-state index contributed by atoms with van der Waals surface area (Å²) in [5.41, 5.74) is -0.123. The average molecular weight is 517 g/mol. The van der Waals surface area contributed by atoms with Crippen molar-refractivity contribution in [3.63, 3.8) is 0 Å². The SMILES string of the molecule is O=C1C=C/C(=C(/c2cccc(C(=O)O)c2)c2ccc([O-])c(S(=O)(=O)O)c2)C=C1S(=O)(=O)[O-].[Ca+2]. The summed E-state index contributed by atoms with van der Waals surface area (Å²) in [5, 5.41) is 21.2. The molecule has 0 atom stereocenters. The van der Waals surface area contributed by atoms with Gasteiger partial charge in [-0.05, 0) is 52.6 Å². The molecular formula is C20H12CaO10S2. The van der Waals surface area contributed by atoms with Crippen molar-refractivity contribution >= 4 is 75.3 Å². The maximum Gasteiger partial charge on any atom is 2.00 e. The third-order valence-electron chi connectivity index (χ3n) is 4.41. The summed E-state index contributed by atoms with van der Waals surface area (Å²) in [6, 6.07) is 8.04. The Balaban J connectivity index is 0.00000385. The molecule has 0 aromatic heterocycles. The first-order valence-corrected chi connectivity index (χ1v) is 11.4. The maximum absolute atomic E-state index is 11.9. The van der Waals surface area contributed by atoms with Crippen LogP contribution in [0.1, 0.15) is 21.5 Å². The minimum Gasteiger partial charge on any atom is -0.872 e. The Labute approximate surface area is 218 Å². The summed E-state index contributed by atoms with van der Waals surface area (Å²) in [5.74, 6) is -3.39. The summed E-state index contributed by atoms with van der Waals surface area (Å²) in [7, 11) is -10.1. The van der Waals surface area contributed by atoms with Crippen LogP contribution in [0, 0.1) is 0 Å². The van der Waals surface area contributed by atoms with Crippen LogP contribution in [-0.4, -0.2) is 80.5 Å². The van der Waals surface area contributed by atoms with Gasteiger partial charge in [-0.15, -0.1) is 0 Å². The quantitative estimate of drug-likeness (QED) is 0.422. The van der Waals surface area contributed by atoms with E-state index in [0.29, 0.717) is 0 Å². The number of hydrogen-bond donors (Lipinski definition) is 2. The number of carboxylic acids is 1. The number of ketones is 1. The van der Waals surface area contributed by atoms with Crippen LogP contribution in [0.5, 0.6) is 5.75 Å². The third-order valence-corrected chi connectivity index (χ3v) is 6.14. The standard InChI is InChI=1S/C20H14O10S2.Ca/c21-15-6-4-12(9-17(15)31(25,26)27)19(11-2-1-3-14(8-11)20(23)24)13-5-7-16(22)18(10-13)32(28,29)30;/h1-10,21H,(H,23,24)(H,25,26,27)(H,28,29,30);/q;+2/p-2/b19-13+;. The third kappa shape index (κ3) is 5.98. The van der Waals surface area contributed by atoms with Gasteiger partial charge in [-0.3, -0.25) is 9.35 Å². The molecule has 0 radical (unpaired) electrons. The number of carboxylic acid groups (broad SMARTS) is 1. The Hall–Kier alpha value is -2.32. The molecule has 0 fully saturated rings. The number of carbonyl (C=O) groups is 2. The molecule has 0 saturated carbocycles. The van der Waals surface area contributed by atoms with Crippen LogP contribution >= 0.6 is 0 Å². The van der Waals surface area contributed by atoms with Crippen molar-refractivity contribution in [3.8, 4) is 5.75 Å². The van der Waals surface area contributed by atoms with Crippen molar-refractivity contribution in [2.45, 2.75) is 4.90 Å². The first-order valence-electron chi connectivity index (χ1n) is 8.56. The molecule has 166 valence electrons. The van der Waals surface area contributed by atoms with E-state index in [0.717, 1.165) is 36.4 Å². The molecule has 1 aliphatic rings. The van der Waals surface area contributed by atoms with E-state index in [1.807, 2.05) is 0 Å². The second kappa shape index (κ2) is 9.89. The van der Waals surface area contributed by atoms with Gasteiger partial charge < -0.3 is 14.8 Å². The zero-order valence-corrected chi connectivity index (χ0v) is 20.3. The van der Waals surface area contributed by atoms with Gasteiger partial charge in [-0.1, -0.05) is 36.1 Å². The predicted octanol–water partition coefficient (Wildman–Crippen LogP) is 0.694. The number of aromatic carboxylic acids is 1. The van der Waals surface area contributed by atoms with E-state index in [1.165, 1.54) is 24.3 Å². The number of rotatable bonds is 5. The van der Waals surface area contributed by atoms with Gasteiger partial charge >= 0.3 is 43.7 Å². The summed E-state index contributed by atoms with van der Waals surface area (Å²) in [6.07, 6.45) is 2.73. The smallest absolute Gasteiger partial charge is 0.872 e. The summed E-state index contributed by atoms with van der Waals surface area (Å²) >= 11 is 0. The van der Waals surface area contributed by atoms with E-state index >= 15 is 0 Å². The molecule has 0 unspecified atom stereocenters. The number of allylic oxidation sites excluding steroid dienone is 5. The largest absolute Gasteiger partial charge is 2.00 e. The minimum atomic E-state index is -5.17. The van der Waals surface area contributed by atoms with Crippen molar-refractivity contribution in [1.29, 1.82) is 0 Å². The normalized spacial score (nSPS) is 15.5. The Kier molecular flexibility index (Phi) is 8.07. The predicted molar refractivity (Wildman–Crippen MR) is 113 cm³/mol. The van der Waals surface area contributed by atoms with Gasteiger partial charge in [-0.25, -0.2) is 13.2 Å². The van der Waals surface area contributed by atoms with E-state index in [9.17, 15) is 45.7 Å². The van der Waals surface area contributed by atoms with Crippen LogP contribution in [0.15, 0.2) is 76.1 Å². The Morgan fingerprint density at radius 3 is 2.09 bits per heavy atom. The van der Waals surface area contributed by atoms with Crippen LogP contribution in [0.4, 0.5) is 0 Å². The summed E-state index contributed by atoms with van der Waals surface area (Å²) < 4.78 is 66.9. The van der Waals surface area contributed by atoms with Gasteiger partial charge in [-0.2, -0.15) is 8.42 Å². The average Bonchev–Trinajstić information content (AvgIpc) is 2.69. The molecule has 0 aliphatic heterocycles. The Morgan fingerprint density at radius 1 is 0.909 bits per heavy atom. The van der Waals surface area contributed by atoms with Crippen LogP contribution in [0.3, 0.4) is 0 Å². The maximum atomic E-state index is 11.9. The van der Waals surface area contributed by atoms with Crippen molar-refractivity contribution in [1.82, 2.24) is 0 Å². The second-order valence-corrected chi connectivity index (χ2v) is 9.25. The van der Waals surface area contributed by atoms with Crippen LogP contribution in [-0.2, 0) is 25.0 Å².